The van der Waals surface area contributed by atoms with Crippen LogP contribution < -0.4 is 5.32 Å². The van der Waals surface area contributed by atoms with Crippen LogP contribution in [0.4, 0.5) is 0 Å². The average Bonchev–Trinajstić information content (AvgIpc) is 3.12. The van der Waals surface area contributed by atoms with E-state index in [4.69, 9.17) is 9.47 Å². The highest BCUT2D eigenvalue weighted by Gasteiger charge is 2.28. The summed E-state index contributed by atoms with van der Waals surface area (Å²) in [6, 6.07) is -0.640. The maximum absolute atomic E-state index is 11.7. The summed E-state index contributed by atoms with van der Waals surface area (Å²) in [6.45, 7) is 1.77. The predicted octanol–water partition coefficient (Wildman–Crippen LogP) is 3.02. The molecule has 1 saturated heterocycles. The van der Waals surface area contributed by atoms with Crippen molar-refractivity contribution in [1.29, 1.82) is 0 Å². The standard InChI is InChI=1S/C21H37NO6/c1-2-3-4-5-6-7-8-9-10-11-12-20(25)27-15-17(23)16-28-21(26)18-13-14-19(24)22-18/h17-18,23H,2-16H2,1H3,(H,22,24)/t17?,18-/m1/s1. The Bertz CT molecular complexity index is 468. The highest BCUT2D eigenvalue weighted by molar-refractivity contribution is 5.88. The Hall–Kier alpha value is -1.63. The lowest BCUT2D eigenvalue weighted by atomic mass is 10.1. The molecule has 1 heterocycles. The number of aliphatic hydroxyl groups excluding tert-OH is 1. The molecule has 162 valence electrons. The van der Waals surface area contributed by atoms with Gasteiger partial charge in [0, 0.05) is 12.8 Å². The third-order valence-electron chi connectivity index (χ3n) is 4.87. The second kappa shape index (κ2) is 15.3. The molecule has 2 atom stereocenters. The Morgan fingerprint density at radius 3 is 2.14 bits per heavy atom. The SMILES string of the molecule is CCCCCCCCCCCCC(=O)OCC(O)COC(=O)[C@H]1CCC(=O)N1. The number of aliphatic hydroxyl groups is 1. The highest BCUT2D eigenvalue weighted by Crippen LogP contribution is 2.12. The molecule has 0 saturated carbocycles. The number of carbonyl (C=O) groups is 3. The molecule has 0 aromatic heterocycles. The average molecular weight is 400 g/mol. The van der Waals surface area contributed by atoms with Crippen molar-refractivity contribution in [3.05, 3.63) is 0 Å². The van der Waals surface area contributed by atoms with Crippen LogP contribution in [0.15, 0.2) is 0 Å². The van der Waals surface area contributed by atoms with Crippen LogP contribution in [0.2, 0.25) is 0 Å². The second-order valence-electron chi connectivity index (χ2n) is 7.56. The van der Waals surface area contributed by atoms with E-state index in [1.807, 2.05) is 0 Å². The maximum Gasteiger partial charge on any atom is 0.328 e. The van der Waals surface area contributed by atoms with Gasteiger partial charge in [-0.2, -0.15) is 0 Å². The number of hydrogen-bond donors (Lipinski definition) is 2. The normalized spacial score (nSPS) is 17.2. The molecule has 7 nitrogen and oxygen atoms in total. The van der Waals surface area contributed by atoms with Gasteiger partial charge < -0.3 is 19.9 Å². The lowest BCUT2D eigenvalue weighted by Gasteiger charge is -2.14. The first-order valence-corrected chi connectivity index (χ1v) is 10.8. The van der Waals surface area contributed by atoms with E-state index >= 15 is 0 Å². The molecule has 0 bridgehead atoms. The van der Waals surface area contributed by atoms with Crippen LogP contribution in [0.5, 0.6) is 0 Å². The molecule has 1 unspecified atom stereocenters. The lowest BCUT2D eigenvalue weighted by Crippen LogP contribution is -2.36. The molecule has 7 heteroatoms. The molecule has 2 N–H and O–H groups in total. The van der Waals surface area contributed by atoms with Gasteiger partial charge >= 0.3 is 11.9 Å². The van der Waals surface area contributed by atoms with Gasteiger partial charge in [-0.3, -0.25) is 9.59 Å². The largest absolute Gasteiger partial charge is 0.463 e. The van der Waals surface area contributed by atoms with E-state index in [0.717, 1.165) is 19.3 Å². The number of hydrogen-bond acceptors (Lipinski definition) is 6. The van der Waals surface area contributed by atoms with Crippen molar-refractivity contribution in [2.24, 2.45) is 0 Å². The first-order valence-electron chi connectivity index (χ1n) is 10.8. The van der Waals surface area contributed by atoms with Crippen molar-refractivity contribution in [3.63, 3.8) is 0 Å². The number of amides is 1. The zero-order valence-electron chi connectivity index (χ0n) is 17.2. The molecule has 1 fully saturated rings. The Kier molecular flexibility index (Phi) is 13.3. The number of nitrogens with one attached hydrogen (secondary N) is 1. The van der Waals surface area contributed by atoms with Crippen molar-refractivity contribution in [2.45, 2.75) is 103 Å². The summed E-state index contributed by atoms with van der Waals surface area (Å²) in [5, 5.41) is 12.2. The topological polar surface area (TPSA) is 102 Å². The molecular formula is C21H37NO6. The van der Waals surface area contributed by atoms with Gasteiger partial charge in [-0.15, -0.1) is 0 Å². The zero-order valence-corrected chi connectivity index (χ0v) is 17.2. The second-order valence-corrected chi connectivity index (χ2v) is 7.56. The van der Waals surface area contributed by atoms with Crippen molar-refractivity contribution in [2.75, 3.05) is 13.2 Å². The summed E-state index contributed by atoms with van der Waals surface area (Å²) in [6.07, 6.45) is 12.0. The van der Waals surface area contributed by atoms with E-state index in [1.54, 1.807) is 0 Å². The minimum atomic E-state index is -1.06. The molecule has 0 aliphatic carbocycles. The van der Waals surface area contributed by atoms with Gasteiger partial charge in [0.1, 0.15) is 25.4 Å². The number of carbonyl (C=O) groups excluding carboxylic acids is 3. The zero-order chi connectivity index (χ0) is 20.6. The van der Waals surface area contributed by atoms with E-state index in [-0.39, 0.29) is 25.1 Å². The Labute approximate surface area is 168 Å². The van der Waals surface area contributed by atoms with Gasteiger partial charge in [0.25, 0.3) is 0 Å². The van der Waals surface area contributed by atoms with Gasteiger partial charge in [0.15, 0.2) is 0 Å². The van der Waals surface area contributed by atoms with Gasteiger partial charge in [0.05, 0.1) is 0 Å². The van der Waals surface area contributed by atoms with Crippen molar-refractivity contribution in [1.82, 2.24) is 5.32 Å². The van der Waals surface area contributed by atoms with Crippen LogP contribution in [-0.2, 0) is 23.9 Å². The molecule has 1 rings (SSSR count). The summed E-state index contributed by atoms with van der Waals surface area (Å²) in [5.74, 6) is -1.09. The van der Waals surface area contributed by atoms with Crippen LogP contribution in [0.3, 0.4) is 0 Å². The fraction of sp³-hybridized carbons (Fsp3) is 0.857. The fourth-order valence-electron chi connectivity index (χ4n) is 3.14. The number of rotatable bonds is 16. The van der Waals surface area contributed by atoms with Crippen molar-refractivity contribution in [3.8, 4) is 0 Å². The van der Waals surface area contributed by atoms with Gasteiger partial charge in [0.2, 0.25) is 5.91 Å². The minimum Gasteiger partial charge on any atom is -0.463 e. The first kappa shape index (κ1) is 24.4. The molecular weight excluding hydrogens is 362 g/mol. The molecule has 0 radical (unpaired) electrons. The summed E-state index contributed by atoms with van der Waals surface area (Å²) < 4.78 is 9.95. The highest BCUT2D eigenvalue weighted by atomic mass is 16.6. The van der Waals surface area contributed by atoms with E-state index in [2.05, 4.69) is 12.2 Å². The minimum absolute atomic E-state index is 0.177. The molecule has 1 aliphatic heterocycles. The third-order valence-corrected chi connectivity index (χ3v) is 4.87. The summed E-state index contributed by atoms with van der Waals surface area (Å²) in [5.41, 5.74) is 0. The van der Waals surface area contributed by atoms with Crippen LogP contribution in [-0.4, -0.2) is 48.3 Å². The number of ether oxygens (including phenoxy) is 2. The first-order chi connectivity index (χ1) is 13.5. The third kappa shape index (κ3) is 12.0. The lowest BCUT2D eigenvalue weighted by molar-refractivity contribution is -0.154. The number of esters is 2. The summed E-state index contributed by atoms with van der Waals surface area (Å²) >= 11 is 0. The van der Waals surface area contributed by atoms with E-state index in [9.17, 15) is 19.5 Å². The molecule has 0 spiro atoms. The van der Waals surface area contributed by atoms with Gasteiger partial charge in [-0.05, 0) is 12.8 Å². The van der Waals surface area contributed by atoms with Crippen LogP contribution >= 0.6 is 0 Å². The van der Waals surface area contributed by atoms with Gasteiger partial charge in [-0.1, -0.05) is 64.7 Å². The van der Waals surface area contributed by atoms with Crippen LogP contribution in [0.25, 0.3) is 0 Å². The Morgan fingerprint density at radius 2 is 1.57 bits per heavy atom. The van der Waals surface area contributed by atoms with E-state index in [1.165, 1.54) is 44.9 Å². The van der Waals surface area contributed by atoms with E-state index < -0.39 is 18.1 Å². The molecule has 1 aliphatic rings. The molecule has 1 amide bonds. The van der Waals surface area contributed by atoms with Gasteiger partial charge in [-0.25, -0.2) is 4.79 Å². The summed E-state index contributed by atoms with van der Waals surface area (Å²) in [4.78, 5) is 34.4. The summed E-state index contributed by atoms with van der Waals surface area (Å²) in [7, 11) is 0. The Balaban J connectivity index is 1.92. The van der Waals surface area contributed by atoms with Crippen molar-refractivity contribution >= 4 is 17.8 Å². The number of unbranched alkanes of at least 4 members (excludes halogenated alkanes) is 9. The molecule has 28 heavy (non-hydrogen) atoms. The van der Waals surface area contributed by atoms with Crippen molar-refractivity contribution < 1.29 is 29.0 Å². The smallest absolute Gasteiger partial charge is 0.328 e. The molecule has 0 aromatic rings. The van der Waals surface area contributed by atoms with Crippen LogP contribution in [0, 0.1) is 0 Å². The Morgan fingerprint density at radius 1 is 1.00 bits per heavy atom. The van der Waals surface area contributed by atoms with Crippen LogP contribution in [0.1, 0.15) is 90.4 Å². The van der Waals surface area contributed by atoms with E-state index in [0.29, 0.717) is 19.3 Å². The fourth-order valence-corrected chi connectivity index (χ4v) is 3.14. The quantitative estimate of drug-likeness (QED) is 0.306. The molecule has 0 aromatic carbocycles. The predicted molar refractivity (Wildman–Crippen MR) is 106 cm³/mol. The monoisotopic (exact) mass is 399 g/mol. The maximum atomic E-state index is 11.7.